The molecule has 1 amide bonds. The lowest BCUT2D eigenvalue weighted by Crippen LogP contribution is -2.48. The Hall–Kier alpha value is -0.610. The van der Waals surface area contributed by atoms with Crippen molar-refractivity contribution < 1.29 is 9.53 Å². The van der Waals surface area contributed by atoms with Crippen molar-refractivity contribution in [1.29, 1.82) is 0 Å². The number of hydrogen-bond acceptors (Lipinski definition) is 3. The molecular weight excluding hydrogens is 216 g/mol. The molecule has 0 radical (unpaired) electrons. The molecule has 1 aliphatic heterocycles. The number of methoxy groups -OCH3 is 1. The quantitative estimate of drug-likeness (QED) is 0.662. The highest BCUT2D eigenvalue weighted by atomic mass is 16.5. The molecule has 4 heteroatoms. The van der Waals surface area contributed by atoms with E-state index in [1.807, 2.05) is 0 Å². The lowest BCUT2D eigenvalue weighted by Gasteiger charge is -2.27. The van der Waals surface area contributed by atoms with Gasteiger partial charge in [-0.2, -0.15) is 0 Å². The Labute approximate surface area is 104 Å². The first kappa shape index (κ1) is 14.5. The van der Waals surface area contributed by atoms with Crippen LogP contribution < -0.4 is 10.6 Å². The molecule has 4 nitrogen and oxygen atoms in total. The predicted molar refractivity (Wildman–Crippen MR) is 68.9 cm³/mol. The van der Waals surface area contributed by atoms with Gasteiger partial charge in [-0.15, -0.1) is 0 Å². The SMILES string of the molecule is COCCCCCNC(=O)C1CC(C)CCN1. The molecule has 0 aromatic carbocycles. The van der Waals surface area contributed by atoms with Crippen LogP contribution in [-0.4, -0.2) is 38.8 Å². The van der Waals surface area contributed by atoms with Crippen molar-refractivity contribution in [3.05, 3.63) is 0 Å². The van der Waals surface area contributed by atoms with Gasteiger partial charge in [0.2, 0.25) is 5.91 Å². The first-order valence-corrected chi connectivity index (χ1v) is 6.74. The molecule has 0 aromatic rings. The van der Waals surface area contributed by atoms with Crippen molar-refractivity contribution in [2.75, 3.05) is 26.8 Å². The van der Waals surface area contributed by atoms with Crippen molar-refractivity contribution in [1.82, 2.24) is 10.6 Å². The molecule has 0 aromatic heterocycles. The van der Waals surface area contributed by atoms with E-state index in [0.717, 1.165) is 45.4 Å². The molecule has 1 heterocycles. The van der Waals surface area contributed by atoms with Gasteiger partial charge in [0.15, 0.2) is 0 Å². The standard InChI is InChI=1S/C13H26N2O2/c1-11-6-8-14-12(10-11)13(16)15-7-4-3-5-9-17-2/h11-12,14H,3-10H2,1-2H3,(H,15,16). The van der Waals surface area contributed by atoms with Crippen LogP contribution in [0.25, 0.3) is 0 Å². The molecule has 1 saturated heterocycles. The fourth-order valence-electron chi connectivity index (χ4n) is 2.19. The number of unbranched alkanes of at least 4 members (excludes halogenated alkanes) is 2. The largest absolute Gasteiger partial charge is 0.385 e. The van der Waals surface area contributed by atoms with E-state index in [9.17, 15) is 4.79 Å². The zero-order valence-corrected chi connectivity index (χ0v) is 11.1. The summed E-state index contributed by atoms with van der Waals surface area (Å²) < 4.78 is 4.98. The molecular formula is C13H26N2O2. The smallest absolute Gasteiger partial charge is 0.237 e. The second kappa shape index (κ2) is 8.48. The van der Waals surface area contributed by atoms with Gasteiger partial charge < -0.3 is 15.4 Å². The van der Waals surface area contributed by atoms with E-state index < -0.39 is 0 Å². The molecule has 2 N–H and O–H groups in total. The Morgan fingerprint density at radius 1 is 1.41 bits per heavy atom. The molecule has 1 rings (SSSR count). The van der Waals surface area contributed by atoms with Gasteiger partial charge in [0.1, 0.15) is 0 Å². The number of piperidine rings is 1. The van der Waals surface area contributed by atoms with Gasteiger partial charge in [-0.05, 0) is 44.6 Å². The van der Waals surface area contributed by atoms with Crippen LogP contribution in [0.1, 0.15) is 39.0 Å². The predicted octanol–water partition coefficient (Wildman–Crippen LogP) is 1.31. The molecule has 1 aliphatic rings. The molecule has 0 saturated carbocycles. The average Bonchev–Trinajstić information content (AvgIpc) is 2.33. The molecule has 0 aliphatic carbocycles. The van der Waals surface area contributed by atoms with Crippen LogP contribution in [0, 0.1) is 5.92 Å². The summed E-state index contributed by atoms with van der Waals surface area (Å²) in [5, 5.41) is 6.29. The van der Waals surface area contributed by atoms with Crippen LogP contribution in [0.2, 0.25) is 0 Å². The Bertz CT molecular complexity index is 221. The lowest BCUT2D eigenvalue weighted by molar-refractivity contribution is -0.124. The molecule has 0 bridgehead atoms. The zero-order valence-electron chi connectivity index (χ0n) is 11.1. The minimum atomic E-state index is 0.0257. The average molecular weight is 242 g/mol. The van der Waals surface area contributed by atoms with Crippen molar-refractivity contribution in [2.24, 2.45) is 5.92 Å². The van der Waals surface area contributed by atoms with E-state index in [2.05, 4.69) is 17.6 Å². The Morgan fingerprint density at radius 3 is 2.94 bits per heavy atom. The fraction of sp³-hybridized carbons (Fsp3) is 0.923. The van der Waals surface area contributed by atoms with Gasteiger partial charge in [-0.25, -0.2) is 0 Å². The van der Waals surface area contributed by atoms with Crippen molar-refractivity contribution in [2.45, 2.75) is 45.1 Å². The maximum Gasteiger partial charge on any atom is 0.237 e. The van der Waals surface area contributed by atoms with Crippen molar-refractivity contribution in [3.8, 4) is 0 Å². The van der Waals surface area contributed by atoms with E-state index in [-0.39, 0.29) is 11.9 Å². The van der Waals surface area contributed by atoms with Crippen molar-refractivity contribution >= 4 is 5.91 Å². The second-order valence-corrected chi connectivity index (χ2v) is 4.98. The van der Waals surface area contributed by atoms with Crippen LogP contribution in [0.5, 0.6) is 0 Å². The minimum absolute atomic E-state index is 0.0257. The summed E-state index contributed by atoms with van der Waals surface area (Å²) in [6.45, 7) is 4.78. The van der Waals surface area contributed by atoms with E-state index in [0.29, 0.717) is 5.92 Å². The summed E-state index contributed by atoms with van der Waals surface area (Å²) in [5.74, 6) is 0.831. The number of ether oxygens (including phenoxy) is 1. The third-order valence-corrected chi connectivity index (χ3v) is 3.31. The van der Waals surface area contributed by atoms with Crippen molar-refractivity contribution in [3.63, 3.8) is 0 Å². The number of carbonyl (C=O) groups is 1. The molecule has 100 valence electrons. The summed E-state index contributed by atoms with van der Waals surface area (Å²) in [4.78, 5) is 11.8. The molecule has 1 fully saturated rings. The highest BCUT2D eigenvalue weighted by Gasteiger charge is 2.23. The monoisotopic (exact) mass is 242 g/mol. The van der Waals surface area contributed by atoms with Gasteiger partial charge in [0.25, 0.3) is 0 Å². The van der Waals surface area contributed by atoms with Gasteiger partial charge >= 0.3 is 0 Å². The maximum absolute atomic E-state index is 11.8. The van der Waals surface area contributed by atoms with Crippen LogP contribution >= 0.6 is 0 Å². The summed E-state index contributed by atoms with van der Waals surface area (Å²) in [6, 6.07) is 0.0257. The topological polar surface area (TPSA) is 50.4 Å². The number of rotatable bonds is 7. The summed E-state index contributed by atoms with van der Waals surface area (Å²) in [5.41, 5.74) is 0. The van der Waals surface area contributed by atoms with Gasteiger partial charge in [-0.1, -0.05) is 6.92 Å². The van der Waals surface area contributed by atoms with E-state index in [4.69, 9.17) is 4.74 Å². The van der Waals surface area contributed by atoms with E-state index in [1.165, 1.54) is 6.42 Å². The minimum Gasteiger partial charge on any atom is -0.385 e. The number of hydrogen-bond donors (Lipinski definition) is 2. The highest BCUT2D eigenvalue weighted by Crippen LogP contribution is 2.14. The van der Waals surface area contributed by atoms with Crippen LogP contribution in [0.4, 0.5) is 0 Å². The molecule has 17 heavy (non-hydrogen) atoms. The second-order valence-electron chi connectivity index (χ2n) is 4.98. The number of nitrogens with one attached hydrogen (secondary N) is 2. The third kappa shape index (κ3) is 6.03. The first-order chi connectivity index (χ1) is 8.24. The summed E-state index contributed by atoms with van der Waals surface area (Å²) in [7, 11) is 1.72. The Morgan fingerprint density at radius 2 is 2.24 bits per heavy atom. The Balaban J connectivity index is 2.04. The lowest BCUT2D eigenvalue weighted by atomic mass is 9.94. The molecule has 2 unspecified atom stereocenters. The zero-order chi connectivity index (χ0) is 12.5. The van der Waals surface area contributed by atoms with Gasteiger partial charge in [0, 0.05) is 20.3 Å². The van der Waals surface area contributed by atoms with Gasteiger partial charge in [-0.3, -0.25) is 4.79 Å². The Kier molecular flexibility index (Phi) is 7.21. The van der Waals surface area contributed by atoms with E-state index >= 15 is 0 Å². The van der Waals surface area contributed by atoms with Crippen LogP contribution in [0.3, 0.4) is 0 Å². The van der Waals surface area contributed by atoms with Crippen LogP contribution in [-0.2, 0) is 9.53 Å². The first-order valence-electron chi connectivity index (χ1n) is 6.74. The normalized spacial score (nSPS) is 24.6. The highest BCUT2D eigenvalue weighted by molar-refractivity contribution is 5.81. The number of amides is 1. The molecule has 2 atom stereocenters. The maximum atomic E-state index is 11.8. The van der Waals surface area contributed by atoms with Crippen LogP contribution in [0.15, 0.2) is 0 Å². The number of carbonyl (C=O) groups excluding carboxylic acids is 1. The van der Waals surface area contributed by atoms with Gasteiger partial charge in [0.05, 0.1) is 6.04 Å². The van der Waals surface area contributed by atoms with E-state index in [1.54, 1.807) is 7.11 Å². The summed E-state index contributed by atoms with van der Waals surface area (Å²) >= 11 is 0. The summed E-state index contributed by atoms with van der Waals surface area (Å²) in [6.07, 6.45) is 5.38. The third-order valence-electron chi connectivity index (χ3n) is 3.31. The molecule has 0 spiro atoms. The fourth-order valence-corrected chi connectivity index (χ4v) is 2.19.